The Morgan fingerprint density at radius 1 is 1.17 bits per heavy atom. The Labute approximate surface area is 210 Å². The number of imidazole rings is 1. The highest BCUT2D eigenvalue weighted by atomic mass is 19.1. The lowest BCUT2D eigenvalue weighted by Crippen LogP contribution is -2.36. The van der Waals surface area contributed by atoms with E-state index in [-0.39, 0.29) is 23.7 Å². The molecule has 2 N–H and O–H groups in total. The van der Waals surface area contributed by atoms with Gasteiger partial charge in [-0.25, -0.2) is 14.4 Å². The molecular weight excluding hydrogens is 461 g/mol. The van der Waals surface area contributed by atoms with Crippen LogP contribution in [0.15, 0.2) is 29.4 Å². The summed E-state index contributed by atoms with van der Waals surface area (Å²) in [4.78, 5) is 23.9. The molecule has 0 spiro atoms. The van der Waals surface area contributed by atoms with E-state index in [0.29, 0.717) is 36.0 Å². The maximum absolute atomic E-state index is 13.7. The number of carbonyl (C=O) groups excluding carboxylic acids is 1. The Balaban J connectivity index is 1.77. The highest BCUT2D eigenvalue weighted by Gasteiger charge is 2.26. The van der Waals surface area contributed by atoms with Crippen LogP contribution < -0.4 is 15.6 Å². The quantitative estimate of drug-likeness (QED) is 0.381. The number of carbonyl (C=O) groups is 1. The fourth-order valence-electron chi connectivity index (χ4n) is 4.36. The van der Waals surface area contributed by atoms with E-state index in [9.17, 15) is 9.18 Å². The molecule has 3 aromatic rings. The van der Waals surface area contributed by atoms with Gasteiger partial charge in [-0.15, -0.1) is 0 Å². The van der Waals surface area contributed by atoms with E-state index in [1.54, 1.807) is 19.1 Å². The van der Waals surface area contributed by atoms with Crippen LogP contribution in [0.5, 0.6) is 0 Å². The number of hydrazone groups is 1. The molecule has 1 aliphatic heterocycles. The van der Waals surface area contributed by atoms with Gasteiger partial charge in [-0.05, 0) is 43.0 Å². The molecule has 0 aliphatic carbocycles. The number of nitrogens with one attached hydrogen (secondary N) is 2. The molecule has 1 amide bonds. The van der Waals surface area contributed by atoms with Crippen LogP contribution in [0, 0.1) is 18.7 Å². The van der Waals surface area contributed by atoms with Crippen LogP contribution in [0.25, 0.3) is 11.2 Å². The van der Waals surface area contributed by atoms with Crippen molar-refractivity contribution in [3.8, 4) is 0 Å². The Kier molecular flexibility index (Phi) is 7.53. The first kappa shape index (κ1) is 25.6. The van der Waals surface area contributed by atoms with Gasteiger partial charge in [-0.3, -0.25) is 10.2 Å². The molecule has 9 nitrogen and oxygen atoms in total. The molecule has 0 radical (unpaired) electrons. The van der Waals surface area contributed by atoms with Crippen molar-refractivity contribution in [2.75, 3.05) is 36.6 Å². The van der Waals surface area contributed by atoms with Gasteiger partial charge in [0.2, 0.25) is 5.91 Å². The monoisotopic (exact) mass is 495 g/mol. The third kappa shape index (κ3) is 5.33. The van der Waals surface area contributed by atoms with Crippen molar-refractivity contribution in [3.63, 3.8) is 0 Å². The number of morpholine rings is 1. The number of hydrogen-bond acceptors (Lipinski definition) is 7. The molecule has 1 atom stereocenters. The maximum Gasteiger partial charge on any atom is 0.217 e. The Morgan fingerprint density at radius 3 is 2.53 bits per heavy atom. The number of rotatable bonds is 7. The number of amides is 1. The van der Waals surface area contributed by atoms with Crippen molar-refractivity contribution < 1.29 is 13.9 Å². The Bertz CT molecular complexity index is 1300. The van der Waals surface area contributed by atoms with Gasteiger partial charge in [0.05, 0.1) is 30.7 Å². The molecule has 1 saturated heterocycles. The molecule has 0 bridgehead atoms. The van der Waals surface area contributed by atoms with Crippen LogP contribution in [-0.2, 0) is 16.6 Å². The number of hydrogen-bond donors (Lipinski definition) is 2. The van der Waals surface area contributed by atoms with Gasteiger partial charge in [-0.1, -0.05) is 19.9 Å². The van der Waals surface area contributed by atoms with Crippen LogP contribution in [0.1, 0.15) is 50.7 Å². The van der Waals surface area contributed by atoms with Crippen LogP contribution in [0.4, 0.5) is 15.9 Å². The summed E-state index contributed by atoms with van der Waals surface area (Å²) in [6, 6.07) is 6.62. The van der Waals surface area contributed by atoms with Crippen LogP contribution in [0.3, 0.4) is 0 Å². The number of anilines is 2. The first-order valence-corrected chi connectivity index (χ1v) is 12.2. The normalized spacial score (nSPS) is 15.4. The zero-order valence-corrected chi connectivity index (χ0v) is 21.7. The van der Waals surface area contributed by atoms with Crippen molar-refractivity contribution in [2.45, 2.75) is 40.7 Å². The number of pyridine rings is 1. The smallest absolute Gasteiger partial charge is 0.217 e. The molecule has 0 unspecified atom stereocenters. The highest BCUT2D eigenvalue weighted by Crippen LogP contribution is 2.32. The average molecular weight is 496 g/mol. The zero-order valence-electron chi connectivity index (χ0n) is 21.7. The van der Waals surface area contributed by atoms with E-state index in [2.05, 4.69) is 34.6 Å². The average Bonchev–Trinajstić information content (AvgIpc) is 3.18. The second-order valence-electron chi connectivity index (χ2n) is 9.52. The minimum Gasteiger partial charge on any atom is -0.378 e. The molecule has 0 saturated carbocycles. The number of halogens is 1. The molecule has 4 rings (SSSR count). The van der Waals surface area contributed by atoms with Gasteiger partial charge in [0.1, 0.15) is 17.2 Å². The van der Waals surface area contributed by atoms with Gasteiger partial charge < -0.3 is 19.5 Å². The maximum atomic E-state index is 13.7. The molecule has 36 heavy (non-hydrogen) atoms. The van der Waals surface area contributed by atoms with Crippen LogP contribution >= 0.6 is 0 Å². The summed E-state index contributed by atoms with van der Waals surface area (Å²) >= 11 is 0. The van der Waals surface area contributed by atoms with Gasteiger partial charge in [-0.2, -0.15) is 5.10 Å². The van der Waals surface area contributed by atoms with Gasteiger partial charge in [0, 0.05) is 33.1 Å². The topological polar surface area (TPSA) is 96.7 Å². The van der Waals surface area contributed by atoms with Crippen molar-refractivity contribution in [2.24, 2.45) is 18.1 Å². The number of benzene rings is 1. The molecule has 1 aromatic carbocycles. The van der Waals surface area contributed by atoms with Crippen molar-refractivity contribution >= 4 is 34.3 Å². The molecule has 3 heterocycles. The second kappa shape index (κ2) is 10.6. The van der Waals surface area contributed by atoms with Gasteiger partial charge >= 0.3 is 0 Å². The van der Waals surface area contributed by atoms with E-state index in [1.807, 2.05) is 24.6 Å². The Morgan fingerprint density at radius 2 is 1.89 bits per heavy atom. The lowest BCUT2D eigenvalue weighted by Gasteiger charge is -2.29. The summed E-state index contributed by atoms with van der Waals surface area (Å²) in [6.45, 7) is 12.0. The molecule has 1 fully saturated rings. The van der Waals surface area contributed by atoms with E-state index in [1.165, 1.54) is 13.0 Å². The largest absolute Gasteiger partial charge is 0.378 e. The number of fused-ring (bicyclic) bond motifs is 1. The number of nitrogens with zero attached hydrogens (tertiary/aromatic N) is 5. The van der Waals surface area contributed by atoms with E-state index < -0.39 is 0 Å². The molecule has 1 aliphatic rings. The van der Waals surface area contributed by atoms with E-state index >= 15 is 0 Å². The van der Waals surface area contributed by atoms with Crippen molar-refractivity contribution in [1.82, 2.24) is 19.9 Å². The van der Waals surface area contributed by atoms with Crippen LogP contribution in [-0.4, -0.2) is 52.5 Å². The molecule has 10 heteroatoms. The highest BCUT2D eigenvalue weighted by molar-refractivity contribution is 5.99. The second-order valence-corrected chi connectivity index (χ2v) is 9.52. The van der Waals surface area contributed by atoms with Crippen LogP contribution in [0.2, 0.25) is 0 Å². The first-order valence-electron chi connectivity index (χ1n) is 12.2. The zero-order chi connectivity index (χ0) is 26.0. The fraction of sp³-hybridized carbons (Fsp3) is 0.462. The lowest BCUT2D eigenvalue weighted by molar-refractivity contribution is -0.120. The number of aryl methyl sites for hydroxylation is 2. The van der Waals surface area contributed by atoms with Gasteiger partial charge in [0.25, 0.3) is 0 Å². The predicted octanol–water partition coefficient (Wildman–Crippen LogP) is 3.92. The van der Waals surface area contributed by atoms with Crippen molar-refractivity contribution in [3.05, 3.63) is 47.0 Å². The van der Waals surface area contributed by atoms with E-state index in [0.717, 1.165) is 35.7 Å². The lowest BCUT2D eigenvalue weighted by atomic mass is 10.0. The summed E-state index contributed by atoms with van der Waals surface area (Å²) in [5.41, 5.74) is 7.59. The number of aromatic nitrogens is 3. The minimum atomic E-state index is -0.252. The summed E-state index contributed by atoms with van der Waals surface area (Å²) in [5, 5.41) is 7.55. The summed E-state index contributed by atoms with van der Waals surface area (Å²) in [6.07, 6.45) is 0. The predicted molar refractivity (Wildman–Crippen MR) is 140 cm³/mol. The summed E-state index contributed by atoms with van der Waals surface area (Å²) in [7, 11) is 1.91. The minimum absolute atomic E-state index is 0.106. The standard InChI is InChI=1S/C26H34FN7O2/c1-15(2)23(28-18(5)35)25-30-24-21(34-9-11-36-12-10-34)14-22(29-26(24)33(25)6)32-31-17(4)19-7-8-20(27)16(3)13-19/h7-8,13-15,23H,9-12H2,1-6H3,(H,28,35)(H,29,32)/b31-17+/t23-/m0/s1. The SMILES string of the molecule is CC(=O)N[C@H](c1nc2c(N3CCOCC3)cc(N/N=C(\C)c3ccc(F)c(C)c3)nc2n1C)C(C)C. The summed E-state index contributed by atoms with van der Waals surface area (Å²) in [5.74, 6) is 1.10. The molecule has 2 aromatic heterocycles. The third-order valence-corrected chi connectivity index (χ3v) is 6.41. The van der Waals surface area contributed by atoms with Crippen molar-refractivity contribution in [1.29, 1.82) is 0 Å². The fourth-order valence-corrected chi connectivity index (χ4v) is 4.36. The van der Waals surface area contributed by atoms with E-state index in [4.69, 9.17) is 14.7 Å². The number of ether oxygens (including phenoxy) is 1. The molecular formula is C26H34FN7O2. The first-order chi connectivity index (χ1) is 17.2. The van der Waals surface area contributed by atoms with Gasteiger partial charge in [0.15, 0.2) is 11.5 Å². The summed E-state index contributed by atoms with van der Waals surface area (Å²) < 4.78 is 21.2. The molecule has 192 valence electrons. The Hall–Kier alpha value is -3.53. The third-order valence-electron chi connectivity index (χ3n) is 6.41.